The van der Waals surface area contributed by atoms with Crippen molar-refractivity contribution in [3.05, 3.63) is 12.2 Å². The molecule has 0 aromatic rings. The largest absolute Gasteiger partial charge is 0.303 e. The van der Waals surface area contributed by atoms with Crippen LogP contribution in [0.25, 0.3) is 0 Å². The predicted molar refractivity (Wildman–Crippen MR) is 32.9 cm³/mol. The lowest BCUT2D eigenvalue weighted by Crippen LogP contribution is -2.06. The Kier molecular flexibility index (Phi) is 1.78. The number of ketones is 1. The molecule has 9 heavy (non-hydrogen) atoms. The highest BCUT2D eigenvalue weighted by atomic mass is 16.1. The van der Waals surface area contributed by atoms with Gasteiger partial charge in [0.2, 0.25) is 0 Å². The zero-order chi connectivity index (χ0) is 6.69. The van der Waals surface area contributed by atoms with E-state index in [1.165, 1.54) is 0 Å². The van der Waals surface area contributed by atoms with Gasteiger partial charge in [-0.25, -0.2) is 0 Å². The summed E-state index contributed by atoms with van der Waals surface area (Å²) in [4.78, 5) is 20.6. The summed E-state index contributed by atoms with van der Waals surface area (Å²) >= 11 is 0. The minimum Gasteiger partial charge on any atom is -0.303 e. The normalized spacial score (nSPS) is 24.9. The Morgan fingerprint density at radius 2 is 2.56 bits per heavy atom. The maximum absolute atomic E-state index is 10.7. The Morgan fingerprint density at radius 3 is 3.00 bits per heavy atom. The van der Waals surface area contributed by atoms with Crippen molar-refractivity contribution in [2.45, 2.75) is 12.8 Å². The van der Waals surface area contributed by atoms with Crippen molar-refractivity contribution in [3.63, 3.8) is 0 Å². The Labute approximate surface area is 53.6 Å². The zero-order valence-corrected chi connectivity index (χ0v) is 5.04. The smallest absolute Gasteiger partial charge is 0.159 e. The van der Waals surface area contributed by atoms with E-state index < -0.39 is 0 Å². The summed E-state index contributed by atoms with van der Waals surface area (Å²) in [6.07, 6.45) is 5.30. The lowest BCUT2D eigenvalue weighted by molar-refractivity contribution is -0.120. The molecule has 0 saturated carbocycles. The van der Waals surface area contributed by atoms with Gasteiger partial charge in [-0.15, -0.1) is 0 Å². The number of hydrogen-bond donors (Lipinski definition) is 0. The number of rotatable bonds is 2. The van der Waals surface area contributed by atoms with Crippen LogP contribution in [-0.4, -0.2) is 12.1 Å². The van der Waals surface area contributed by atoms with E-state index in [1.54, 1.807) is 6.08 Å². The molecule has 0 radical (unpaired) electrons. The first-order valence-corrected chi connectivity index (χ1v) is 2.98. The second kappa shape index (κ2) is 2.58. The van der Waals surface area contributed by atoms with E-state index in [0.717, 1.165) is 12.7 Å². The van der Waals surface area contributed by atoms with Crippen LogP contribution in [0, 0.1) is 5.92 Å². The second-order valence-electron chi connectivity index (χ2n) is 2.14. The van der Waals surface area contributed by atoms with Crippen LogP contribution in [0.5, 0.6) is 0 Å². The standard InChI is InChI=1S/C7H8O2/c8-5-4-6-2-1-3-7(6)9/h1,3,5-6H,2,4H2/t6-/m0/s1. The number of aldehydes is 1. The summed E-state index contributed by atoms with van der Waals surface area (Å²) in [6.45, 7) is 0. The highest BCUT2D eigenvalue weighted by molar-refractivity contribution is 5.95. The van der Waals surface area contributed by atoms with Crippen LogP contribution >= 0.6 is 0 Å². The number of carbonyl (C=O) groups is 2. The molecular weight excluding hydrogens is 116 g/mol. The van der Waals surface area contributed by atoms with E-state index in [2.05, 4.69) is 0 Å². The van der Waals surface area contributed by atoms with Gasteiger partial charge in [-0.2, -0.15) is 0 Å². The van der Waals surface area contributed by atoms with Gasteiger partial charge >= 0.3 is 0 Å². The molecule has 0 heterocycles. The highest BCUT2D eigenvalue weighted by Gasteiger charge is 2.17. The second-order valence-corrected chi connectivity index (χ2v) is 2.14. The van der Waals surface area contributed by atoms with Gasteiger partial charge in [-0.3, -0.25) is 4.79 Å². The van der Waals surface area contributed by atoms with Crippen molar-refractivity contribution in [1.29, 1.82) is 0 Å². The molecule has 0 unspecified atom stereocenters. The lowest BCUT2D eigenvalue weighted by Gasteiger charge is -1.98. The third kappa shape index (κ3) is 1.25. The predicted octanol–water partition coefficient (Wildman–Crippen LogP) is 0.721. The van der Waals surface area contributed by atoms with Crippen LogP contribution in [0.15, 0.2) is 12.2 Å². The highest BCUT2D eigenvalue weighted by Crippen LogP contribution is 2.15. The molecule has 0 aromatic carbocycles. The van der Waals surface area contributed by atoms with E-state index >= 15 is 0 Å². The first-order valence-electron chi connectivity index (χ1n) is 2.98. The van der Waals surface area contributed by atoms with Crippen molar-refractivity contribution in [3.8, 4) is 0 Å². The van der Waals surface area contributed by atoms with Crippen LogP contribution in [0.3, 0.4) is 0 Å². The molecule has 0 spiro atoms. The summed E-state index contributed by atoms with van der Waals surface area (Å²) in [6, 6.07) is 0. The lowest BCUT2D eigenvalue weighted by atomic mass is 10.0. The summed E-state index contributed by atoms with van der Waals surface area (Å²) in [5, 5.41) is 0. The molecule has 1 atom stereocenters. The zero-order valence-electron chi connectivity index (χ0n) is 5.04. The van der Waals surface area contributed by atoms with Crippen molar-refractivity contribution in [2.24, 2.45) is 5.92 Å². The maximum atomic E-state index is 10.7. The fourth-order valence-corrected chi connectivity index (χ4v) is 0.929. The Morgan fingerprint density at radius 1 is 1.78 bits per heavy atom. The third-order valence-corrected chi connectivity index (χ3v) is 1.49. The monoisotopic (exact) mass is 124 g/mol. The maximum Gasteiger partial charge on any atom is 0.159 e. The minimum atomic E-state index is -0.0394. The molecule has 0 fully saturated rings. The Bertz CT molecular complexity index is 158. The summed E-state index contributed by atoms with van der Waals surface area (Å²) in [5.41, 5.74) is 0. The van der Waals surface area contributed by atoms with Gasteiger partial charge in [0.05, 0.1) is 0 Å². The van der Waals surface area contributed by atoms with Crippen molar-refractivity contribution in [1.82, 2.24) is 0 Å². The number of carbonyl (C=O) groups excluding carboxylic acids is 2. The van der Waals surface area contributed by atoms with E-state index in [1.807, 2.05) is 6.08 Å². The van der Waals surface area contributed by atoms with Crippen molar-refractivity contribution >= 4 is 12.1 Å². The molecule has 1 rings (SSSR count). The van der Waals surface area contributed by atoms with Crippen LogP contribution in [-0.2, 0) is 9.59 Å². The fourth-order valence-electron chi connectivity index (χ4n) is 0.929. The first-order chi connectivity index (χ1) is 4.34. The summed E-state index contributed by atoms with van der Waals surface area (Å²) in [5.74, 6) is 0.0598. The van der Waals surface area contributed by atoms with Gasteiger partial charge < -0.3 is 4.79 Å². The van der Waals surface area contributed by atoms with Gasteiger partial charge in [-0.1, -0.05) is 6.08 Å². The van der Waals surface area contributed by atoms with Crippen LogP contribution < -0.4 is 0 Å². The number of allylic oxidation sites excluding steroid dienone is 2. The molecule has 0 aliphatic heterocycles. The molecule has 2 heteroatoms. The van der Waals surface area contributed by atoms with Crippen LogP contribution in [0.4, 0.5) is 0 Å². The van der Waals surface area contributed by atoms with E-state index in [0.29, 0.717) is 6.42 Å². The SMILES string of the molecule is O=CC[C@@H]1CC=CC1=O. The molecule has 0 aromatic heterocycles. The van der Waals surface area contributed by atoms with E-state index in [4.69, 9.17) is 0 Å². The van der Waals surface area contributed by atoms with Gasteiger partial charge in [0, 0.05) is 12.3 Å². The van der Waals surface area contributed by atoms with Gasteiger partial charge in [0.15, 0.2) is 5.78 Å². The molecule has 0 N–H and O–H groups in total. The molecule has 48 valence electrons. The topological polar surface area (TPSA) is 34.1 Å². The fraction of sp³-hybridized carbons (Fsp3) is 0.429. The Balaban J connectivity index is 2.45. The van der Waals surface area contributed by atoms with Gasteiger partial charge in [-0.05, 0) is 12.5 Å². The third-order valence-electron chi connectivity index (χ3n) is 1.49. The average Bonchev–Trinajstić information content (AvgIpc) is 2.18. The quantitative estimate of drug-likeness (QED) is 0.508. The minimum absolute atomic E-state index is 0.0394. The first kappa shape index (κ1) is 6.20. The van der Waals surface area contributed by atoms with Gasteiger partial charge in [0.25, 0.3) is 0 Å². The van der Waals surface area contributed by atoms with Crippen LogP contribution in [0.2, 0.25) is 0 Å². The molecule has 1 aliphatic carbocycles. The number of hydrogen-bond acceptors (Lipinski definition) is 2. The molecule has 0 saturated heterocycles. The molecule has 2 nitrogen and oxygen atoms in total. The van der Waals surface area contributed by atoms with E-state index in [9.17, 15) is 9.59 Å². The molecular formula is C7H8O2. The molecule has 1 aliphatic rings. The van der Waals surface area contributed by atoms with Crippen LogP contribution in [0.1, 0.15) is 12.8 Å². The Hall–Kier alpha value is -0.920. The van der Waals surface area contributed by atoms with Crippen molar-refractivity contribution < 1.29 is 9.59 Å². The summed E-state index contributed by atoms with van der Waals surface area (Å²) < 4.78 is 0. The summed E-state index contributed by atoms with van der Waals surface area (Å²) in [7, 11) is 0. The average molecular weight is 124 g/mol. The molecule has 0 amide bonds. The molecule has 0 bridgehead atoms. The van der Waals surface area contributed by atoms with Gasteiger partial charge in [0.1, 0.15) is 6.29 Å². The van der Waals surface area contributed by atoms with Crippen molar-refractivity contribution in [2.75, 3.05) is 0 Å². The van der Waals surface area contributed by atoms with E-state index in [-0.39, 0.29) is 11.7 Å².